The van der Waals surface area contributed by atoms with Crippen LogP contribution in [-0.2, 0) is 14.4 Å². The molecule has 7 atom stereocenters. The SMILES string of the molecule is C[C@]12CC=C(NOCC(=O)O)C=C1CC[C@@H]1[C@@H]2[C@@H](O)C[C@@]2(C)[C@H]1CC[C@]2(O)C(=O)CO. The summed E-state index contributed by atoms with van der Waals surface area (Å²) in [5.74, 6) is -1.28. The van der Waals surface area contributed by atoms with Gasteiger partial charge in [-0.2, -0.15) is 0 Å². The van der Waals surface area contributed by atoms with E-state index in [2.05, 4.69) is 12.4 Å². The molecule has 3 saturated carbocycles. The number of hydrogen-bond acceptors (Lipinski definition) is 7. The quantitative estimate of drug-likeness (QED) is 0.394. The second kappa shape index (κ2) is 7.69. The molecule has 0 spiro atoms. The van der Waals surface area contributed by atoms with Crippen LogP contribution < -0.4 is 5.48 Å². The summed E-state index contributed by atoms with van der Waals surface area (Å²) >= 11 is 0. The zero-order valence-corrected chi connectivity index (χ0v) is 18.1. The lowest BCUT2D eigenvalue weighted by Gasteiger charge is -2.60. The molecule has 0 saturated heterocycles. The number of hydrogen-bond donors (Lipinski definition) is 5. The Morgan fingerprint density at radius 1 is 1.29 bits per heavy atom. The number of carboxylic acid groups (broad SMARTS) is 1. The van der Waals surface area contributed by atoms with Crippen molar-refractivity contribution in [1.82, 2.24) is 5.48 Å². The van der Waals surface area contributed by atoms with E-state index in [0.29, 0.717) is 25.7 Å². The number of carbonyl (C=O) groups is 2. The molecule has 3 fully saturated rings. The van der Waals surface area contributed by atoms with Gasteiger partial charge in [0.25, 0.3) is 0 Å². The number of Topliss-reactive ketones (excluding diaryl/α,β-unsaturated/α-hetero) is 1. The molecule has 4 aliphatic rings. The van der Waals surface area contributed by atoms with Gasteiger partial charge in [0.15, 0.2) is 12.4 Å². The monoisotopic (exact) mass is 435 g/mol. The summed E-state index contributed by atoms with van der Waals surface area (Å²) in [6, 6.07) is 0. The molecule has 0 aromatic rings. The summed E-state index contributed by atoms with van der Waals surface area (Å²) < 4.78 is 0. The second-order valence-electron chi connectivity index (χ2n) is 10.2. The number of carboxylic acids is 1. The standard InChI is InChI=1S/C23H33NO7/c1-21-7-5-14(24-31-12-19(28)29)9-13(21)3-4-15-16-6-8-23(30,18(27)11-25)22(16,2)10-17(26)20(15)21/h5,9,15-17,20,24-26,30H,3-4,6-8,10-12H2,1-2H3,(H,28,29)/t15-,16-,17-,20+,21-,22-,23-/m0/s1. The van der Waals surface area contributed by atoms with E-state index >= 15 is 0 Å². The number of aliphatic carboxylic acids is 1. The Hall–Kier alpha value is -1.74. The van der Waals surface area contributed by atoms with Crippen LogP contribution in [0.1, 0.15) is 52.4 Å². The molecule has 172 valence electrons. The molecule has 0 aromatic heterocycles. The van der Waals surface area contributed by atoms with E-state index in [4.69, 9.17) is 9.94 Å². The van der Waals surface area contributed by atoms with E-state index in [-0.39, 0.29) is 23.2 Å². The van der Waals surface area contributed by atoms with Crippen molar-refractivity contribution < 1.29 is 34.9 Å². The van der Waals surface area contributed by atoms with Gasteiger partial charge < -0.3 is 20.4 Å². The van der Waals surface area contributed by atoms with Crippen LogP contribution in [0.5, 0.6) is 0 Å². The largest absolute Gasteiger partial charge is 0.479 e. The summed E-state index contributed by atoms with van der Waals surface area (Å²) in [4.78, 5) is 28.1. The van der Waals surface area contributed by atoms with Gasteiger partial charge in [-0.15, -0.1) is 0 Å². The predicted molar refractivity (Wildman–Crippen MR) is 110 cm³/mol. The summed E-state index contributed by atoms with van der Waals surface area (Å²) in [6.45, 7) is 2.97. The molecule has 0 unspecified atom stereocenters. The molecule has 0 bridgehead atoms. The molecule has 0 heterocycles. The Kier molecular flexibility index (Phi) is 5.57. The van der Waals surface area contributed by atoms with Crippen LogP contribution in [0.25, 0.3) is 0 Å². The number of allylic oxidation sites excluding steroid dienone is 3. The number of rotatable bonds is 6. The first-order valence-corrected chi connectivity index (χ1v) is 11.1. The van der Waals surface area contributed by atoms with Crippen LogP contribution in [0, 0.1) is 28.6 Å². The van der Waals surface area contributed by atoms with E-state index < -0.39 is 42.1 Å². The maximum Gasteiger partial charge on any atom is 0.332 e. The maximum atomic E-state index is 12.5. The Morgan fingerprint density at radius 2 is 2.03 bits per heavy atom. The first-order chi connectivity index (χ1) is 14.6. The fraction of sp³-hybridized carbons (Fsp3) is 0.739. The van der Waals surface area contributed by atoms with E-state index in [1.807, 2.05) is 19.1 Å². The molecule has 8 heteroatoms. The van der Waals surface area contributed by atoms with Crippen molar-refractivity contribution in [2.75, 3.05) is 13.2 Å². The lowest BCUT2D eigenvalue weighted by molar-refractivity contribution is -0.181. The van der Waals surface area contributed by atoms with Gasteiger partial charge in [0.05, 0.1) is 11.8 Å². The number of nitrogens with one attached hydrogen (secondary N) is 1. The van der Waals surface area contributed by atoms with Crippen molar-refractivity contribution in [2.45, 2.75) is 64.1 Å². The number of carbonyl (C=O) groups excluding carboxylic acids is 1. The van der Waals surface area contributed by atoms with Gasteiger partial charge in [-0.05, 0) is 67.8 Å². The average Bonchev–Trinajstić information content (AvgIpc) is 2.98. The summed E-state index contributed by atoms with van der Waals surface area (Å²) in [5.41, 5.74) is 2.07. The van der Waals surface area contributed by atoms with Crippen molar-refractivity contribution in [2.24, 2.45) is 28.6 Å². The molecule has 0 aliphatic heterocycles. The molecule has 4 aliphatic carbocycles. The Bertz CT molecular complexity index is 838. The Balaban J connectivity index is 1.58. The first-order valence-electron chi connectivity index (χ1n) is 11.1. The summed E-state index contributed by atoms with van der Waals surface area (Å²) in [7, 11) is 0. The molecule has 8 nitrogen and oxygen atoms in total. The molecule has 5 N–H and O–H groups in total. The predicted octanol–water partition coefficient (Wildman–Crippen LogP) is 1.31. The molecule has 31 heavy (non-hydrogen) atoms. The molecular weight excluding hydrogens is 402 g/mol. The van der Waals surface area contributed by atoms with Crippen molar-refractivity contribution >= 4 is 11.8 Å². The first kappa shape index (κ1) is 22.5. The van der Waals surface area contributed by atoms with Crippen molar-refractivity contribution in [3.8, 4) is 0 Å². The zero-order chi connectivity index (χ0) is 22.6. The van der Waals surface area contributed by atoms with Gasteiger partial charge in [-0.3, -0.25) is 15.1 Å². The Morgan fingerprint density at radius 3 is 2.71 bits per heavy atom. The number of ketones is 1. The highest BCUT2D eigenvalue weighted by Crippen LogP contribution is 2.67. The fourth-order valence-electron chi connectivity index (χ4n) is 7.39. The highest BCUT2D eigenvalue weighted by Gasteiger charge is 2.68. The van der Waals surface area contributed by atoms with Crippen LogP contribution in [0.4, 0.5) is 0 Å². The van der Waals surface area contributed by atoms with Crippen LogP contribution in [0.3, 0.4) is 0 Å². The van der Waals surface area contributed by atoms with Crippen molar-refractivity contribution in [3.05, 3.63) is 23.4 Å². The minimum atomic E-state index is -1.58. The van der Waals surface area contributed by atoms with Gasteiger partial charge >= 0.3 is 5.97 Å². The van der Waals surface area contributed by atoms with E-state index in [9.17, 15) is 24.9 Å². The number of aliphatic hydroxyl groups excluding tert-OH is 2. The topological polar surface area (TPSA) is 136 Å². The number of hydroxylamine groups is 1. The third kappa shape index (κ3) is 3.26. The van der Waals surface area contributed by atoms with Gasteiger partial charge in [0.2, 0.25) is 0 Å². The van der Waals surface area contributed by atoms with Gasteiger partial charge in [-0.25, -0.2) is 4.79 Å². The van der Waals surface area contributed by atoms with Gasteiger partial charge in [0.1, 0.15) is 12.2 Å². The second-order valence-corrected chi connectivity index (χ2v) is 10.2. The average molecular weight is 436 g/mol. The lowest BCUT2D eigenvalue weighted by atomic mass is 9.45. The van der Waals surface area contributed by atoms with E-state index in [1.165, 1.54) is 5.57 Å². The van der Waals surface area contributed by atoms with E-state index in [0.717, 1.165) is 18.5 Å². The van der Waals surface area contributed by atoms with Crippen molar-refractivity contribution in [3.63, 3.8) is 0 Å². The molecule has 0 amide bonds. The van der Waals surface area contributed by atoms with Crippen LogP contribution >= 0.6 is 0 Å². The third-order valence-electron chi connectivity index (χ3n) is 8.89. The normalized spacial score (nSPS) is 43.8. The highest BCUT2D eigenvalue weighted by molar-refractivity contribution is 5.89. The van der Waals surface area contributed by atoms with Crippen LogP contribution in [0.15, 0.2) is 23.4 Å². The van der Waals surface area contributed by atoms with Crippen LogP contribution in [0.2, 0.25) is 0 Å². The fourth-order valence-corrected chi connectivity index (χ4v) is 7.39. The molecule has 0 aromatic carbocycles. The zero-order valence-electron chi connectivity index (χ0n) is 18.1. The smallest absolute Gasteiger partial charge is 0.332 e. The summed E-state index contributed by atoms with van der Waals surface area (Å²) in [5, 5.41) is 40.8. The number of fused-ring (bicyclic) bond motifs is 5. The maximum absolute atomic E-state index is 12.5. The molecule has 4 rings (SSSR count). The molecule has 0 radical (unpaired) electrons. The lowest BCUT2D eigenvalue weighted by Crippen LogP contribution is -2.61. The minimum Gasteiger partial charge on any atom is -0.479 e. The molecular formula is C23H33NO7. The minimum absolute atomic E-state index is 0.00916. The highest BCUT2D eigenvalue weighted by atomic mass is 16.7. The number of aliphatic hydroxyl groups is 3. The van der Waals surface area contributed by atoms with Crippen molar-refractivity contribution in [1.29, 1.82) is 0 Å². The van der Waals surface area contributed by atoms with Crippen LogP contribution in [-0.4, -0.2) is 57.1 Å². The summed E-state index contributed by atoms with van der Waals surface area (Å²) in [6.07, 6.45) is 7.08. The third-order valence-corrected chi connectivity index (χ3v) is 8.89. The van der Waals surface area contributed by atoms with Gasteiger partial charge in [0, 0.05) is 5.41 Å². The Labute approximate surface area is 181 Å². The van der Waals surface area contributed by atoms with Gasteiger partial charge in [-0.1, -0.05) is 25.5 Å². The van der Waals surface area contributed by atoms with E-state index in [1.54, 1.807) is 0 Å².